The molecule has 0 heterocycles. The van der Waals surface area contributed by atoms with E-state index in [2.05, 4.69) is 16.2 Å². The molecule has 8 heteroatoms. The normalized spacial score (nSPS) is 16.8. The standard InChI is InChI=1S/C17H32N4O4/c1-17(2,3)20-16(24)25-13(11-12-7-5-4-6-8-12)15(23)21-19-10-9-14(18)22/h12-13,19H,4-11H2,1-3H3,(H2,18,22)(H,20,24)(H,21,23)/t13-/m0/s1. The van der Waals surface area contributed by atoms with Crippen LogP contribution in [0.2, 0.25) is 0 Å². The van der Waals surface area contributed by atoms with E-state index in [1.165, 1.54) is 6.42 Å². The fraction of sp³-hybridized carbons (Fsp3) is 0.824. The summed E-state index contributed by atoms with van der Waals surface area (Å²) in [5.74, 6) is -0.502. The first kappa shape index (κ1) is 21.2. The van der Waals surface area contributed by atoms with E-state index in [9.17, 15) is 14.4 Å². The van der Waals surface area contributed by atoms with E-state index in [0.717, 1.165) is 25.7 Å². The molecule has 0 aromatic rings. The number of hydrazine groups is 1. The summed E-state index contributed by atoms with van der Waals surface area (Å²) < 4.78 is 5.38. The highest BCUT2D eigenvalue weighted by atomic mass is 16.6. The Labute approximate surface area is 149 Å². The third-order valence-corrected chi connectivity index (χ3v) is 4.00. The van der Waals surface area contributed by atoms with Crippen molar-refractivity contribution in [2.45, 2.75) is 77.4 Å². The highest BCUT2D eigenvalue weighted by molar-refractivity contribution is 5.83. The number of nitrogens with two attached hydrogens (primary N) is 1. The first-order valence-corrected chi connectivity index (χ1v) is 8.97. The summed E-state index contributed by atoms with van der Waals surface area (Å²) in [4.78, 5) is 35.1. The Bertz CT molecular complexity index is 456. The molecule has 1 aliphatic carbocycles. The quantitative estimate of drug-likeness (QED) is 0.386. The highest BCUT2D eigenvalue weighted by Crippen LogP contribution is 2.28. The third-order valence-electron chi connectivity index (χ3n) is 4.00. The number of ether oxygens (including phenoxy) is 1. The van der Waals surface area contributed by atoms with Crippen molar-refractivity contribution in [3.8, 4) is 0 Å². The molecule has 1 fully saturated rings. The van der Waals surface area contributed by atoms with Crippen molar-refractivity contribution in [1.29, 1.82) is 0 Å². The molecule has 1 rings (SSSR count). The highest BCUT2D eigenvalue weighted by Gasteiger charge is 2.28. The van der Waals surface area contributed by atoms with Crippen LogP contribution in [0, 0.1) is 5.92 Å². The van der Waals surface area contributed by atoms with Gasteiger partial charge in [0.25, 0.3) is 5.91 Å². The minimum atomic E-state index is -0.869. The minimum absolute atomic E-state index is 0.110. The Kier molecular flexibility index (Phi) is 8.68. The number of primary amides is 1. The van der Waals surface area contributed by atoms with Gasteiger partial charge in [0, 0.05) is 18.5 Å². The topological polar surface area (TPSA) is 123 Å². The first-order chi connectivity index (χ1) is 11.7. The number of hydrogen-bond acceptors (Lipinski definition) is 5. The number of rotatable bonds is 8. The van der Waals surface area contributed by atoms with E-state index in [0.29, 0.717) is 12.3 Å². The van der Waals surface area contributed by atoms with Crippen molar-refractivity contribution in [3.05, 3.63) is 0 Å². The molecule has 0 aliphatic heterocycles. The van der Waals surface area contributed by atoms with E-state index in [1.807, 2.05) is 20.8 Å². The van der Waals surface area contributed by atoms with Crippen LogP contribution in [0.3, 0.4) is 0 Å². The fourth-order valence-corrected chi connectivity index (χ4v) is 2.81. The lowest BCUT2D eigenvalue weighted by atomic mass is 9.85. The first-order valence-electron chi connectivity index (χ1n) is 8.97. The second-order valence-electron chi connectivity index (χ2n) is 7.64. The van der Waals surface area contributed by atoms with Gasteiger partial charge in [0.15, 0.2) is 6.10 Å². The SMILES string of the molecule is CC(C)(C)NC(=O)O[C@@H](CC1CCCCC1)C(=O)NNCCC(N)=O. The summed E-state index contributed by atoms with van der Waals surface area (Å²) in [6.45, 7) is 5.76. The fourth-order valence-electron chi connectivity index (χ4n) is 2.81. The van der Waals surface area contributed by atoms with Crippen LogP contribution in [0.15, 0.2) is 0 Å². The lowest BCUT2D eigenvalue weighted by Crippen LogP contribution is -2.49. The molecular formula is C17H32N4O4. The Morgan fingerprint density at radius 3 is 2.36 bits per heavy atom. The Morgan fingerprint density at radius 2 is 1.80 bits per heavy atom. The van der Waals surface area contributed by atoms with Gasteiger partial charge in [0.05, 0.1) is 0 Å². The number of carbonyl (C=O) groups excluding carboxylic acids is 3. The van der Waals surface area contributed by atoms with Gasteiger partial charge in [-0.05, 0) is 33.1 Å². The van der Waals surface area contributed by atoms with Crippen LogP contribution in [0.1, 0.15) is 65.7 Å². The van der Waals surface area contributed by atoms with Gasteiger partial charge in [-0.2, -0.15) is 0 Å². The van der Waals surface area contributed by atoms with Crippen LogP contribution in [0.25, 0.3) is 0 Å². The van der Waals surface area contributed by atoms with E-state index < -0.39 is 29.6 Å². The van der Waals surface area contributed by atoms with Crippen LogP contribution in [-0.4, -0.2) is 36.1 Å². The van der Waals surface area contributed by atoms with Crippen molar-refractivity contribution in [1.82, 2.24) is 16.2 Å². The second kappa shape index (κ2) is 10.2. The molecule has 3 amide bonds. The lowest BCUT2D eigenvalue weighted by Gasteiger charge is -2.27. The maximum Gasteiger partial charge on any atom is 0.408 e. The van der Waals surface area contributed by atoms with Gasteiger partial charge < -0.3 is 15.8 Å². The molecule has 1 saturated carbocycles. The molecule has 1 atom stereocenters. The molecule has 0 aromatic carbocycles. The Hall–Kier alpha value is -1.83. The number of amides is 3. The average Bonchev–Trinajstić information content (AvgIpc) is 2.49. The lowest BCUT2D eigenvalue weighted by molar-refractivity contribution is -0.132. The predicted molar refractivity (Wildman–Crippen MR) is 94.3 cm³/mol. The second-order valence-corrected chi connectivity index (χ2v) is 7.64. The van der Waals surface area contributed by atoms with Crippen LogP contribution in [-0.2, 0) is 14.3 Å². The zero-order valence-corrected chi connectivity index (χ0v) is 15.5. The van der Waals surface area contributed by atoms with Crippen molar-refractivity contribution >= 4 is 17.9 Å². The van der Waals surface area contributed by atoms with E-state index in [4.69, 9.17) is 10.5 Å². The maximum absolute atomic E-state index is 12.4. The average molecular weight is 356 g/mol. The predicted octanol–water partition coefficient (Wildman–Crippen LogP) is 1.35. The monoisotopic (exact) mass is 356 g/mol. The summed E-state index contributed by atoms with van der Waals surface area (Å²) in [5, 5.41) is 2.70. The zero-order valence-electron chi connectivity index (χ0n) is 15.5. The minimum Gasteiger partial charge on any atom is -0.436 e. The van der Waals surface area contributed by atoms with Gasteiger partial charge in [-0.15, -0.1) is 0 Å². The molecule has 0 saturated heterocycles. The molecule has 0 spiro atoms. The van der Waals surface area contributed by atoms with Gasteiger partial charge in [-0.1, -0.05) is 32.1 Å². The molecule has 8 nitrogen and oxygen atoms in total. The van der Waals surface area contributed by atoms with Gasteiger partial charge in [-0.3, -0.25) is 15.0 Å². The van der Waals surface area contributed by atoms with Crippen LogP contribution in [0.5, 0.6) is 0 Å². The number of nitrogens with one attached hydrogen (secondary N) is 3. The summed E-state index contributed by atoms with van der Waals surface area (Å²) >= 11 is 0. The molecular weight excluding hydrogens is 324 g/mol. The molecule has 0 bridgehead atoms. The van der Waals surface area contributed by atoms with E-state index in [1.54, 1.807) is 0 Å². The van der Waals surface area contributed by atoms with Gasteiger partial charge in [0.1, 0.15) is 0 Å². The zero-order chi connectivity index (χ0) is 18.9. The molecule has 0 radical (unpaired) electrons. The third kappa shape index (κ3) is 9.91. The van der Waals surface area contributed by atoms with E-state index in [-0.39, 0.29) is 13.0 Å². The summed E-state index contributed by atoms with van der Waals surface area (Å²) in [6.07, 6.45) is 4.72. The number of carbonyl (C=O) groups is 3. The van der Waals surface area contributed by atoms with Crippen molar-refractivity contribution in [3.63, 3.8) is 0 Å². The Balaban J connectivity index is 2.57. The molecule has 25 heavy (non-hydrogen) atoms. The molecule has 0 unspecified atom stereocenters. The summed E-state index contributed by atoms with van der Waals surface area (Å²) in [7, 11) is 0. The van der Waals surface area contributed by atoms with Crippen molar-refractivity contribution in [2.24, 2.45) is 11.7 Å². The van der Waals surface area contributed by atoms with Crippen LogP contribution in [0.4, 0.5) is 4.79 Å². The number of alkyl carbamates (subject to hydrolysis) is 1. The van der Waals surface area contributed by atoms with Gasteiger partial charge >= 0.3 is 6.09 Å². The Morgan fingerprint density at radius 1 is 1.16 bits per heavy atom. The molecule has 144 valence electrons. The van der Waals surface area contributed by atoms with Gasteiger partial charge in [-0.25, -0.2) is 10.2 Å². The van der Waals surface area contributed by atoms with Gasteiger partial charge in [0.2, 0.25) is 5.91 Å². The number of hydrogen-bond donors (Lipinski definition) is 4. The largest absolute Gasteiger partial charge is 0.436 e. The summed E-state index contributed by atoms with van der Waals surface area (Å²) in [5.41, 5.74) is 9.74. The molecule has 1 aliphatic rings. The molecule has 5 N–H and O–H groups in total. The maximum atomic E-state index is 12.4. The van der Waals surface area contributed by atoms with Crippen molar-refractivity contribution < 1.29 is 19.1 Å². The van der Waals surface area contributed by atoms with Crippen LogP contribution >= 0.6 is 0 Å². The summed E-state index contributed by atoms with van der Waals surface area (Å²) in [6, 6.07) is 0. The molecule has 0 aromatic heterocycles. The van der Waals surface area contributed by atoms with Crippen LogP contribution < -0.4 is 21.9 Å². The van der Waals surface area contributed by atoms with Crippen molar-refractivity contribution in [2.75, 3.05) is 6.54 Å². The smallest absolute Gasteiger partial charge is 0.408 e. The van der Waals surface area contributed by atoms with E-state index >= 15 is 0 Å².